The van der Waals surface area contributed by atoms with Gasteiger partial charge in [-0.2, -0.15) is 0 Å². The Balaban J connectivity index is 1.82. The third-order valence-electron chi connectivity index (χ3n) is 6.76. The van der Waals surface area contributed by atoms with Gasteiger partial charge >= 0.3 is 0 Å². The van der Waals surface area contributed by atoms with Crippen molar-refractivity contribution in [1.82, 2.24) is 10.3 Å². The van der Waals surface area contributed by atoms with Gasteiger partial charge in [-0.15, -0.1) is 0 Å². The van der Waals surface area contributed by atoms with Gasteiger partial charge in [-0.1, -0.05) is 24.3 Å². The zero-order valence-corrected chi connectivity index (χ0v) is 25.9. The highest BCUT2D eigenvalue weighted by atomic mass is 32.2. The fourth-order valence-corrected chi connectivity index (χ4v) is 5.57. The summed E-state index contributed by atoms with van der Waals surface area (Å²) in [5, 5.41) is 3.47. The first kappa shape index (κ1) is 30.5. The summed E-state index contributed by atoms with van der Waals surface area (Å²) in [4.78, 5) is 18.8. The number of carbonyl (C=O) groups is 1. The van der Waals surface area contributed by atoms with E-state index in [0.717, 1.165) is 38.7 Å². The van der Waals surface area contributed by atoms with Gasteiger partial charge in [0.2, 0.25) is 0 Å². The van der Waals surface area contributed by atoms with E-state index in [9.17, 15) is 17.8 Å². The maximum atomic E-state index is 13.4. The Kier molecular flexibility index (Phi) is 9.07. The summed E-state index contributed by atoms with van der Waals surface area (Å²) in [6.45, 7) is 7.52. The van der Waals surface area contributed by atoms with Gasteiger partial charge in [0.1, 0.15) is 16.1 Å². The highest BCUT2D eigenvalue weighted by Gasteiger charge is 2.20. The fraction of sp³-hybridized carbons (Fsp3) is 0.273. The van der Waals surface area contributed by atoms with Gasteiger partial charge in [0.25, 0.3) is 5.91 Å². The molecule has 0 spiro atoms. The molecule has 1 heterocycles. The Morgan fingerprint density at radius 2 is 1.76 bits per heavy atom. The molecule has 1 amide bonds. The minimum absolute atomic E-state index is 0.211. The van der Waals surface area contributed by atoms with Crippen LogP contribution in [0.3, 0.4) is 0 Å². The molecule has 8 heteroatoms. The molecular formula is C33H36N2O4S2. The van der Waals surface area contributed by atoms with Gasteiger partial charge in [0, 0.05) is 34.5 Å². The van der Waals surface area contributed by atoms with Crippen LogP contribution >= 0.6 is 0 Å². The second-order valence-corrected chi connectivity index (χ2v) is 15.3. The number of pyridine rings is 1. The van der Waals surface area contributed by atoms with Crippen LogP contribution in [-0.4, -0.2) is 47.2 Å². The smallest absolute Gasteiger partial charge is 0.252 e. The fourth-order valence-electron chi connectivity index (χ4n) is 4.55. The minimum Gasteiger partial charge on any atom is -0.612 e. The van der Waals surface area contributed by atoms with Crippen molar-refractivity contribution in [3.63, 3.8) is 0 Å². The number of rotatable bonds is 8. The molecule has 0 aliphatic carbocycles. The Labute approximate surface area is 246 Å². The van der Waals surface area contributed by atoms with Crippen LogP contribution in [0.25, 0.3) is 33.7 Å². The van der Waals surface area contributed by atoms with Crippen molar-refractivity contribution in [2.24, 2.45) is 0 Å². The largest absolute Gasteiger partial charge is 0.612 e. The van der Waals surface area contributed by atoms with E-state index in [4.69, 9.17) is 0 Å². The maximum Gasteiger partial charge on any atom is 0.252 e. The molecule has 0 saturated heterocycles. The summed E-state index contributed by atoms with van der Waals surface area (Å²) in [6.07, 6.45) is 6.88. The van der Waals surface area contributed by atoms with Crippen molar-refractivity contribution >= 4 is 49.5 Å². The van der Waals surface area contributed by atoms with E-state index in [1.165, 1.54) is 6.26 Å². The van der Waals surface area contributed by atoms with Gasteiger partial charge in [0.15, 0.2) is 4.90 Å². The van der Waals surface area contributed by atoms with E-state index >= 15 is 0 Å². The lowest BCUT2D eigenvalue weighted by atomic mass is 9.95. The van der Waals surface area contributed by atoms with E-state index in [-0.39, 0.29) is 5.91 Å². The number of nitrogens with one attached hydrogen (secondary N) is 1. The zero-order chi connectivity index (χ0) is 29.9. The number of hydrogen-bond acceptors (Lipinski definition) is 5. The Hall–Kier alpha value is -3.46. The molecule has 0 aliphatic rings. The predicted molar refractivity (Wildman–Crippen MR) is 170 cm³/mol. The van der Waals surface area contributed by atoms with Crippen LogP contribution in [0.4, 0.5) is 0 Å². The number of hydrogen-bond donors (Lipinski definition) is 1. The Bertz CT molecular complexity index is 1700. The molecule has 1 aromatic heterocycles. The van der Waals surface area contributed by atoms with Crippen LogP contribution in [0.5, 0.6) is 0 Å². The van der Waals surface area contributed by atoms with Gasteiger partial charge in [-0.25, -0.2) is 8.42 Å². The van der Waals surface area contributed by atoms with E-state index in [1.807, 2.05) is 87.5 Å². The van der Waals surface area contributed by atoms with Crippen molar-refractivity contribution in [2.45, 2.75) is 49.8 Å². The number of amides is 1. The van der Waals surface area contributed by atoms with Crippen LogP contribution in [-0.2, 0) is 32.2 Å². The van der Waals surface area contributed by atoms with Gasteiger partial charge in [-0.3, -0.25) is 9.78 Å². The molecule has 2 unspecified atom stereocenters. The van der Waals surface area contributed by atoms with E-state index in [1.54, 1.807) is 31.5 Å². The molecule has 4 aromatic rings. The maximum absolute atomic E-state index is 13.4. The molecule has 0 aliphatic heterocycles. The third-order valence-corrected chi connectivity index (χ3v) is 9.32. The average Bonchev–Trinajstić information content (AvgIpc) is 2.90. The zero-order valence-electron chi connectivity index (χ0n) is 24.3. The number of fused-ring (bicyclic) bond motifs is 1. The molecule has 4 rings (SSSR count). The lowest BCUT2D eigenvalue weighted by Gasteiger charge is -2.22. The molecule has 0 radical (unpaired) electrons. The highest BCUT2D eigenvalue weighted by molar-refractivity contribution is 7.91. The van der Waals surface area contributed by atoms with E-state index < -0.39 is 31.8 Å². The summed E-state index contributed by atoms with van der Waals surface area (Å²) >= 11 is -1.12. The number of benzene rings is 3. The van der Waals surface area contributed by atoms with Crippen LogP contribution in [0.1, 0.15) is 44.4 Å². The van der Waals surface area contributed by atoms with Gasteiger partial charge in [-0.05, 0) is 122 Å². The summed E-state index contributed by atoms with van der Waals surface area (Å²) in [5.74, 6) is -0.211. The lowest BCUT2D eigenvalue weighted by Crippen LogP contribution is -2.41. The quantitative estimate of drug-likeness (QED) is 0.153. The predicted octanol–water partition coefficient (Wildman–Crippen LogP) is 6.07. The normalized spacial score (nSPS) is 14.1. The topological polar surface area (TPSA) is 99.2 Å². The number of nitrogens with zero attached hydrogens (tertiary/aromatic N) is 1. The molecule has 2 atom stereocenters. The first-order valence-electron chi connectivity index (χ1n) is 13.4. The molecular weight excluding hydrogens is 553 g/mol. The van der Waals surface area contributed by atoms with Crippen molar-refractivity contribution in [3.05, 3.63) is 95.7 Å². The SMILES string of the molecule is CC(Cc1cc(-c2cccc(/C=C(/C(=O)NC(C)(C)C)c3ccc([S+](C)[O-])cc3)c2)c2ncccc2c1)S(C)(=O)=O. The lowest BCUT2D eigenvalue weighted by molar-refractivity contribution is -0.116. The van der Waals surface area contributed by atoms with Crippen molar-refractivity contribution < 1.29 is 17.8 Å². The molecule has 41 heavy (non-hydrogen) atoms. The van der Waals surface area contributed by atoms with Crippen molar-refractivity contribution in [2.75, 3.05) is 12.5 Å². The third kappa shape index (κ3) is 7.85. The molecule has 6 nitrogen and oxygen atoms in total. The number of sulfone groups is 1. The standard InChI is InChI=1S/C33H36N2O4S2/c1-22(41(6,38)39)17-24-19-27-11-8-16-34-31(27)29(21-24)26-10-7-9-23(18-26)20-30(32(36)35-33(2,3)4)25-12-14-28(15-13-25)40(5)37/h7-16,18-22H,17H2,1-6H3,(H,35,36)/b30-20+. The first-order chi connectivity index (χ1) is 19.2. The van der Waals surface area contributed by atoms with Gasteiger partial charge in [0.05, 0.1) is 10.8 Å². The van der Waals surface area contributed by atoms with Crippen LogP contribution in [0.2, 0.25) is 0 Å². The second kappa shape index (κ2) is 12.2. The Morgan fingerprint density at radius 1 is 1.05 bits per heavy atom. The van der Waals surface area contributed by atoms with Crippen molar-refractivity contribution in [3.8, 4) is 11.1 Å². The number of aromatic nitrogens is 1. The van der Waals surface area contributed by atoms with Crippen LogP contribution < -0.4 is 5.32 Å². The van der Waals surface area contributed by atoms with E-state index in [2.05, 4.69) is 10.3 Å². The minimum atomic E-state index is -3.19. The highest BCUT2D eigenvalue weighted by Crippen LogP contribution is 2.31. The van der Waals surface area contributed by atoms with Crippen molar-refractivity contribution in [1.29, 1.82) is 0 Å². The summed E-state index contributed by atoms with van der Waals surface area (Å²) in [7, 11) is -3.19. The molecule has 0 saturated carbocycles. The second-order valence-electron chi connectivity index (χ2n) is 11.4. The average molecular weight is 589 g/mol. The number of carbonyl (C=O) groups excluding carboxylic acids is 1. The summed E-state index contributed by atoms with van der Waals surface area (Å²) in [6, 6.07) is 22.9. The monoisotopic (exact) mass is 588 g/mol. The molecule has 3 aromatic carbocycles. The molecule has 0 fully saturated rings. The summed E-state index contributed by atoms with van der Waals surface area (Å²) in [5.41, 5.74) is 5.13. The molecule has 214 valence electrons. The van der Waals surface area contributed by atoms with Crippen LogP contribution in [0, 0.1) is 0 Å². The van der Waals surface area contributed by atoms with Crippen LogP contribution in [0.15, 0.2) is 83.9 Å². The summed E-state index contributed by atoms with van der Waals surface area (Å²) < 4.78 is 36.2. The molecule has 1 N–H and O–H groups in total. The van der Waals surface area contributed by atoms with Gasteiger partial charge < -0.3 is 9.87 Å². The Morgan fingerprint density at radius 3 is 2.39 bits per heavy atom. The first-order valence-corrected chi connectivity index (χ1v) is 16.9. The van der Waals surface area contributed by atoms with E-state index in [0.29, 0.717) is 16.9 Å². The molecule has 0 bridgehead atoms.